The van der Waals surface area contributed by atoms with Gasteiger partial charge in [0.15, 0.2) is 0 Å². The molecule has 1 aliphatic heterocycles. The molecule has 0 aromatic carbocycles. The maximum Gasteiger partial charge on any atom is 0.267 e. The zero-order valence-electron chi connectivity index (χ0n) is 10.6. The fraction of sp³-hybridized carbons (Fsp3) is 0.385. The Hall–Kier alpha value is -2.08. The second-order valence-corrected chi connectivity index (χ2v) is 4.26. The lowest BCUT2D eigenvalue weighted by molar-refractivity contribution is -0.133. The standard InChI is InChI=1S/C13H16N2O4/c1-9-4-5-10(19-9)6-7-12(16)14-15-13(17)11-3-2-8-18-11/h4-7,11H,2-3,8H2,1H3,(H,14,16)(H,15,17). The van der Waals surface area contributed by atoms with Crippen molar-refractivity contribution in [3.63, 3.8) is 0 Å². The van der Waals surface area contributed by atoms with E-state index in [1.165, 1.54) is 12.2 Å². The summed E-state index contributed by atoms with van der Waals surface area (Å²) in [5, 5.41) is 0. The minimum Gasteiger partial charge on any atom is -0.462 e. The molecule has 1 unspecified atom stereocenters. The van der Waals surface area contributed by atoms with E-state index >= 15 is 0 Å². The van der Waals surface area contributed by atoms with E-state index in [2.05, 4.69) is 10.9 Å². The predicted octanol–water partition coefficient (Wildman–Crippen LogP) is 0.928. The molecule has 0 aliphatic carbocycles. The minimum absolute atomic E-state index is 0.326. The number of rotatable bonds is 3. The van der Waals surface area contributed by atoms with Gasteiger partial charge in [0.05, 0.1) is 0 Å². The Morgan fingerprint density at radius 3 is 2.84 bits per heavy atom. The third-order valence-electron chi connectivity index (χ3n) is 2.69. The minimum atomic E-state index is -0.461. The summed E-state index contributed by atoms with van der Waals surface area (Å²) in [5.41, 5.74) is 4.61. The summed E-state index contributed by atoms with van der Waals surface area (Å²) >= 11 is 0. The number of hydrogen-bond donors (Lipinski definition) is 2. The van der Waals surface area contributed by atoms with Crippen molar-refractivity contribution >= 4 is 17.9 Å². The molecule has 1 fully saturated rings. The van der Waals surface area contributed by atoms with Crippen molar-refractivity contribution < 1.29 is 18.7 Å². The highest BCUT2D eigenvalue weighted by Crippen LogP contribution is 2.11. The Balaban J connectivity index is 1.75. The van der Waals surface area contributed by atoms with Crippen LogP contribution in [0.25, 0.3) is 6.08 Å². The van der Waals surface area contributed by atoms with Crippen LogP contribution in [0.15, 0.2) is 22.6 Å². The van der Waals surface area contributed by atoms with Crippen LogP contribution in [0.4, 0.5) is 0 Å². The Kier molecular flexibility index (Phi) is 4.35. The number of nitrogens with one attached hydrogen (secondary N) is 2. The number of hydrogen-bond acceptors (Lipinski definition) is 4. The van der Waals surface area contributed by atoms with Crippen molar-refractivity contribution in [1.29, 1.82) is 0 Å². The van der Waals surface area contributed by atoms with Gasteiger partial charge in [0, 0.05) is 12.7 Å². The van der Waals surface area contributed by atoms with E-state index in [1.807, 2.05) is 6.92 Å². The van der Waals surface area contributed by atoms with Crippen molar-refractivity contribution in [2.75, 3.05) is 6.61 Å². The normalized spacial score (nSPS) is 18.7. The van der Waals surface area contributed by atoms with E-state index in [0.717, 1.165) is 12.2 Å². The van der Waals surface area contributed by atoms with Crippen molar-refractivity contribution in [2.45, 2.75) is 25.9 Å². The van der Waals surface area contributed by atoms with E-state index in [4.69, 9.17) is 9.15 Å². The lowest BCUT2D eigenvalue weighted by Crippen LogP contribution is -2.45. The Bertz CT molecular complexity index is 487. The topological polar surface area (TPSA) is 80.6 Å². The molecule has 1 saturated heterocycles. The molecule has 1 aliphatic rings. The summed E-state index contributed by atoms with van der Waals surface area (Å²) in [5.74, 6) is 0.596. The highest BCUT2D eigenvalue weighted by Gasteiger charge is 2.23. The summed E-state index contributed by atoms with van der Waals surface area (Å²) in [6.07, 6.45) is 3.90. The summed E-state index contributed by atoms with van der Waals surface area (Å²) in [6, 6.07) is 3.56. The molecule has 0 spiro atoms. The van der Waals surface area contributed by atoms with Gasteiger partial charge in [-0.1, -0.05) is 0 Å². The van der Waals surface area contributed by atoms with Gasteiger partial charge in [-0.15, -0.1) is 0 Å². The number of furan rings is 1. The Morgan fingerprint density at radius 2 is 2.21 bits per heavy atom. The van der Waals surface area contributed by atoms with Crippen LogP contribution in [0.2, 0.25) is 0 Å². The van der Waals surface area contributed by atoms with Crippen LogP contribution in [-0.2, 0) is 14.3 Å². The SMILES string of the molecule is Cc1ccc(C=CC(=O)NNC(=O)C2CCCO2)o1. The number of carbonyl (C=O) groups is 2. The molecule has 0 bridgehead atoms. The van der Waals surface area contributed by atoms with Crippen molar-refractivity contribution in [1.82, 2.24) is 10.9 Å². The lowest BCUT2D eigenvalue weighted by atomic mass is 10.2. The number of carbonyl (C=O) groups excluding carboxylic acids is 2. The zero-order valence-corrected chi connectivity index (χ0v) is 10.6. The van der Waals surface area contributed by atoms with Crippen LogP contribution in [0, 0.1) is 6.92 Å². The molecule has 0 radical (unpaired) electrons. The van der Waals surface area contributed by atoms with Crippen LogP contribution in [-0.4, -0.2) is 24.5 Å². The van der Waals surface area contributed by atoms with Crippen molar-refractivity contribution in [2.24, 2.45) is 0 Å². The quantitative estimate of drug-likeness (QED) is 0.628. The van der Waals surface area contributed by atoms with Crippen LogP contribution >= 0.6 is 0 Å². The van der Waals surface area contributed by atoms with Gasteiger partial charge < -0.3 is 9.15 Å². The third-order valence-corrected chi connectivity index (χ3v) is 2.69. The first-order chi connectivity index (χ1) is 9.15. The molecule has 0 saturated carbocycles. The van der Waals surface area contributed by atoms with E-state index in [1.54, 1.807) is 12.1 Å². The molecule has 102 valence electrons. The average molecular weight is 264 g/mol. The molecule has 6 heteroatoms. The molecule has 19 heavy (non-hydrogen) atoms. The van der Waals surface area contributed by atoms with Gasteiger partial charge in [0.1, 0.15) is 17.6 Å². The average Bonchev–Trinajstić information content (AvgIpc) is 3.04. The molecule has 2 amide bonds. The molecule has 2 rings (SSSR count). The van der Waals surface area contributed by atoms with Crippen LogP contribution in [0.1, 0.15) is 24.4 Å². The number of aryl methyl sites for hydroxylation is 1. The fourth-order valence-corrected chi connectivity index (χ4v) is 1.73. The fourth-order valence-electron chi connectivity index (χ4n) is 1.73. The second kappa shape index (κ2) is 6.19. The molecule has 1 atom stereocenters. The largest absolute Gasteiger partial charge is 0.462 e. The van der Waals surface area contributed by atoms with Gasteiger partial charge in [0.25, 0.3) is 11.8 Å². The molecule has 1 aromatic heterocycles. The second-order valence-electron chi connectivity index (χ2n) is 4.26. The summed E-state index contributed by atoms with van der Waals surface area (Å²) in [7, 11) is 0. The van der Waals surface area contributed by atoms with Gasteiger partial charge in [-0.25, -0.2) is 0 Å². The number of hydrazine groups is 1. The van der Waals surface area contributed by atoms with Gasteiger partial charge in [-0.05, 0) is 38.0 Å². The van der Waals surface area contributed by atoms with Crippen molar-refractivity contribution in [3.8, 4) is 0 Å². The Morgan fingerprint density at radius 1 is 1.37 bits per heavy atom. The van der Waals surface area contributed by atoms with Crippen LogP contribution < -0.4 is 10.9 Å². The van der Waals surface area contributed by atoms with E-state index in [-0.39, 0.29) is 5.91 Å². The molecule has 6 nitrogen and oxygen atoms in total. The Labute approximate surface area is 110 Å². The highest BCUT2D eigenvalue weighted by molar-refractivity contribution is 5.93. The maximum absolute atomic E-state index is 11.5. The molecular weight excluding hydrogens is 248 g/mol. The maximum atomic E-state index is 11.5. The monoisotopic (exact) mass is 264 g/mol. The lowest BCUT2D eigenvalue weighted by Gasteiger charge is -2.09. The van der Waals surface area contributed by atoms with Crippen LogP contribution in [0.5, 0.6) is 0 Å². The van der Waals surface area contributed by atoms with Gasteiger partial charge >= 0.3 is 0 Å². The van der Waals surface area contributed by atoms with E-state index in [9.17, 15) is 9.59 Å². The highest BCUT2D eigenvalue weighted by atomic mass is 16.5. The van der Waals surface area contributed by atoms with Gasteiger partial charge in [-0.2, -0.15) is 0 Å². The summed E-state index contributed by atoms with van der Waals surface area (Å²) in [4.78, 5) is 23.0. The molecule has 2 N–H and O–H groups in total. The molecule has 1 aromatic rings. The van der Waals surface area contributed by atoms with Crippen molar-refractivity contribution in [3.05, 3.63) is 29.7 Å². The summed E-state index contributed by atoms with van der Waals surface area (Å²) in [6.45, 7) is 2.41. The number of ether oxygens (including phenoxy) is 1. The zero-order chi connectivity index (χ0) is 13.7. The smallest absolute Gasteiger partial charge is 0.267 e. The first-order valence-corrected chi connectivity index (χ1v) is 6.11. The van der Waals surface area contributed by atoms with E-state index in [0.29, 0.717) is 18.8 Å². The number of amides is 2. The van der Waals surface area contributed by atoms with Gasteiger partial charge in [-0.3, -0.25) is 20.4 Å². The predicted molar refractivity (Wildman–Crippen MR) is 67.7 cm³/mol. The first kappa shape index (κ1) is 13.4. The summed E-state index contributed by atoms with van der Waals surface area (Å²) < 4.78 is 10.4. The van der Waals surface area contributed by atoms with Crippen LogP contribution in [0.3, 0.4) is 0 Å². The molecular formula is C13H16N2O4. The first-order valence-electron chi connectivity index (χ1n) is 6.11. The third kappa shape index (κ3) is 3.96. The molecule has 2 heterocycles. The van der Waals surface area contributed by atoms with E-state index < -0.39 is 12.0 Å². The van der Waals surface area contributed by atoms with Gasteiger partial charge in [0.2, 0.25) is 0 Å².